The lowest BCUT2D eigenvalue weighted by molar-refractivity contribution is 0.501. The third kappa shape index (κ3) is 2.58. The smallest absolute Gasteiger partial charge is 0.0765 e. The van der Waals surface area contributed by atoms with Crippen LogP contribution in [0.25, 0.3) is 0 Å². The predicted molar refractivity (Wildman–Crippen MR) is 67.3 cm³/mol. The maximum Gasteiger partial charge on any atom is 0.0765 e. The second kappa shape index (κ2) is 5.68. The van der Waals surface area contributed by atoms with E-state index in [-0.39, 0.29) is 6.04 Å². The molecule has 0 aliphatic carbocycles. The van der Waals surface area contributed by atoms with Gasteiger partial charge in [0.2, 0.25) is 0 Å². The minimum atomic E-state index is 0.0897. The van der Waals surface area contributed by atoms with Gasteiger partial charge in [-0.25, -0.2) is 4.68 Å². The Morgan fingerprint density at radius 3 is 3.19 bits per heavy atom. The molecule has 1 aromatic rings. The molecule has 2 atom stereocenters. The van der Waals surface area contributed by atoms with Crippen LogP contribution < -0.4 is 5.73 Å². The highest BCUT2D eigenvalue weighted by atomic mass is 32.2. The Balaban J connectivity index is 2.06. The highest BCUT2D eigenvalue weighted by Gasteiger charge is 2.25. The first-order chi connectivity index (χ1) is 7.83. The number of aryl methyl sites for hydroxylation is 1. The van der Waals surface area contributed by atoms with Gasteiger partial charge < -0.3 is 5.73 Å². The molecule has 90 valence electrons. The molecule has 2 N–H and O–H groups in total. The van der Waals surface area contributed by atoms with Crippen molar-refractivity contribution in [3.05, 3.63) is 11.9 Å². The maximum absolute atomic E-state index is 6.32. The number of nitrogens with two attached hydrogens (primary N) is 1. The Kier molecular flexibility index (Phi) is 4.23. The first kappa shape index (κ1) is 11.9. The van der Waals surface area contributed by atoms with E-state index in [0.717, 1.165) is 18.7 Å². The predicted octanol–water partition coefficient (Wildman–Crippen LogP) is 1.97. The molecule has 0 amide bonds. The summed E-state index contributed by atoms with van der Waals surface area (Å²) in [7, 11) is 0. The zero-order chi connectivity index (χ0) is 11.4. The van der Waals surface area contributed by atoms with Crippen LogP contribution in [0.1, 0.15) is 44.3 Å². The molecule has 1 aromatic heterocycles. The number of nitrogens with zero attached hydrogens (tertiary/aromatic N) is 3. The second-order valence-corrected chi connectivity index (χ2v) is 5.66. The van der Waals surface area contributed by atoms with E-state index in [0.29, 0.717) is 5.25 Å². The molecule has 0 saturated carbocycles. The maximum atomic E-state index is 6.32. The Bertz CT molecular complexity index is 320. The van der Waals surface area contributed by atoms with Crippen molar-refractivity contribution in [3.63, 3.8) is 0 Å². The van der Waals surface area contributed by atoms with Crippen molar-refractivity contribution in [2.75, 3.05) is 5.75 Å². The average molecular weight is 240 g/mol. The molecule has 5 heteroatoms. The molecule has 1 fully saturated rings. The van der Waals surface area contributed by atoms with E-state index in [1.54, 1.807) is 0 Å². The molecular weight excluding hydrogens is 220 g/mol. The van der Waals surface area contributed by atoms with E-state index >= 15 is 0 Å². The van der Waals surface area contributed by atoms with E-state index in [9.17, 15) is 0 Å². The Morgan fingerprint density at radius 2 is 2.50 bits per heavy atom. The minimum Gasteiger partial charge on any atom is -0.322 e. The molecule has 16 heavy (non-hydrogen) atoms. The second-order valence-electron chi connectivity index (χ2n) is 4.31. The SMILES string of the molecule is CCCn1nncc1C(N)C1CCCCS1. The molecular formula is C11H20N4S. The van der Waals surface area contributed by atoms with Crippen molar-refractivity contribution in [1.82, 2.24) is 15.0 Å². The summed E-state index contributed by atoms with van der Waals surface area (Å²) < 4.78 is 1.96. The van der Waals surface area contributed by atoms with E-state index in [2.05, 4.69) is 17.2 Å². The number of thioether (sulfide) groups is 1. The standard InChI is InChI=1S/C11H20N4S/c1-2-6-15-9(8-13-14-15)11(12)10-5-3-4-7-16-10/h8,10-11H,2-7,12H2,1H3. The summed E-state index contributed by atoms with van der Waals surface area (Å²) in [6.07, 6.45) is 6.76. The van der Waals surface area contributed by atoms with Crippen LogP contribution in [0.15, 0.2) is 6.20 Å². The summed E-state index contributed by atoms with van der Waals surface area (Å²) in [6, 6.07) is 0.0897. The van der Waals surface area contributed by atoms with E-state index < -0.39 is 0 Å². The highest BCUT2D eigenvalue weighted by Crippen LogP contribution is 2.32. The van der Waals surface area contributed by atoms with Gasteiger partial charge in [-0.05, 0) is 25.0 Å². The molecule has 2 rings (SSSR count). The molecule has 1 aliphatic heterocycles. The van der Waals surface area contributed by atoms with E-state index in [1.165, 1.54) is 25.0 Å². The molecule has 1 aliphatic rings. The first-order valence-electron chi connectivity index (χ1n) is 6.08. The molecule has 2 heterocycles. The third-order valence-corrected chi connectivity index (χ3v) is 4.52. The van der Waals surface area contributed by atoms with Gasteiger partial charge in [-0.2, -0.15) is 11.8 Å². The fourth-order valence-corrected chi connectivity index (χ4v) is 3.50. The van der Waals surface area contributed by atoms with Gasteiger partial charge in [-0.3, -0.25) is 0 Å². The van der Waals surface area contributed by atoms with Gasteiger partial charge >= 0.3 is 0 Å². The van der Waals surface area contributed by atoms with Gasteiger partial charge in [0.1, 0.15) is 0 Å². The lowest BCUT2D eigenvalue weighted by Gasteiger charge is -2.27. The largest absolute Gasteiger partial charge is 0.322 e. The van der Waals surface area contributed by atoms with Crippen LogP contribution in [0, 0.1) is 0 Å². The Hall–Kier alpha value is -0.550. The van der Waals surface area contributed by atoms with Crippen molar-refractivity contribution in [3.8, 4) is 0 Å². The number of rotatable bonds is 4. The highest BCUT2D eigenvalue weighted by molar-refractivity contribution is 8.00. The Labute approximate surface area is 101 Å². The van der Waals surface area contributed by atoms with Crippen LogP contribution in [0.2, 0.25) is 0 Å². The fraction of sp³-hybridized carbons (Fsp3) is 0.818. The molecule has 2 unspecified atom stereocenters. The summed E-state index contributed by atoms with van der Waals surface area (Å²) in [4.78, 5) is 0. The third-order valence-electron chi connectivity index (χ3n) is 3.04. The van der Waals surface area contributed by atoms with Crippen LogP contribution in [-0.4, -0.2) is 26.0 Å². The van der Waals surface area contributed by atoms with Crippen molar-refractivity contribution < 1.29 is 0 Å². The summed E-state index contributed by atoms with van der Waals surface area (Å²) >= 11 is 2.00. The lowest BCUT2D eigenvalue weighted by Crippen LogP contribution is -2.28. The quantitative estimate of drug-likeness (QED) is 0.874. The van der Waals surface area contributed by atoms with Crippen molar-refractivity contribution >= 4 is 11.8 Å². The van der Waals surface area contributed by atoms with Crippen molar-refractivity contribution in [1.29, 1.82) is 0 Å². The topological polar surface area (TPSA) is 56.7 Å². The van der Waals surface area contributed by atoms with Crippen LogP contribution >= 0.6 is 11.8 Å². The number of hydrogen-bond acceptors (Lipinski definition) is 4. The van der Waals surface area contributed by atoms with Crippen LogP contribution in [0.5, 0.6) is 0 Å². The first-order valence-corrected chi connectivity index (χ1v) is 7.13. The van der Waals surface area contributed by atoms with Crippen LogP contribution in [0.3, 0.4) is 0 Å². The van der Waals surface area contributed by atoms with Crippen molar-refractivity contribution in [2.24, 2.45) is 5.73 Å². The number of aromatic nitrogens is 3. The van der Waals surface area contributed by atoms with Crippen LogP contribution in [0.4, 0.5) is 0 Å². The summed E-state index contributed by atoms with van der Waals surface area (Å²) in [5, 5.41) is 8.62. The van der Waals surface area contributed by atoms with Gasteiger partial charge in [0.05, 0.1) is 17.9 Å². The average Bonchev–Trinajstić information content (AvgIpc) is 2.78. The van der Waals surface area contributed by atoms with Gasteiger partial charge in [0.15, 0.2) is 0 Å². The minimum absolute atomic E-state index is 0.0897. The fourth-order valence-electron chi connectivity index (χ4n) is 2.15. The van der Waals surface area contributed by atoms with Gasteiger partial charge in [-0.15, -0.1) is 5.10 Å². The zero-order valence-corrected chi connectivity index (χ0v) is 10.6. The van der Waals surface area contributed by atoms with E-state index in [4.69, 9.17) is 5.73 Å². The monoisotopic (exact) mass is 240 g/mol. The molecule has 0 aromatic carbocycles. The lowest BCUT2D eigenvalue weighted by atomic mass is 10.1. The number of hydrogen-bond donors (Lipinski definition) is 1. The normalized spacial score (nSPS) is 23.2. The van der Waals surface area contributed by atoms with Crippen LogP contribution in [-0.2, 0) is 6.54 Å². The van der Waals surface area contributed by atoms with Gasteiger partial charge in [0.25, 0.3) is 0 Å². The molecule has 0 radical (unpaired) electrons. The molecule has 4 nitrogen and oxygen atoms in total. The molecule has 0 bridgehead atoms. The zero-order valence-electron chi connectivity index (χ0n) is 9.80. The Morgan fingerprint density at radius 1 is 1.62 bits per heavy atom. The molecule has 0 spiro atoms. The van der Waals surface area contributed by atoms with E-state index in [1.807, 2.05) is 22.6 Å². The summed E-state index contributed by atoms with van der Waals surface area (Å²) in [5.74, 6) is 1.24. The summed E-state index contributed by atoms with van der Waals surface area (Å²) in [5.41, 5.74) is 7.42. The van der Waals surface area contributed by atoms with Crippen molar-refractivity contribution in [2.45, 2.75) is 50.4 Å². The molecule has 1 saturated heterocycles. The van der Waals surface area contributed by atoms with Gasteiger partial charge in [-0.1, -0.05) is 18.6 Å². The summed E-state index contributed by atoms with van der Waals surface area (Å²) in [6.45, 7) is 3.06. The van der Waals surface area contributed by atoms with Gasteiger partial charge in [0, 0.05) is 11.8 Å².